The summed E-state index contributed by atoms with van der Waals surface area (Å²) in [7, 11) is 0. The average molecular weight is 358 g/mol. The Morgan fingerprint density at radius 3 is 2.11 bits per heavy atom. The molecule has 0 amide bonds. The largest absolute Gasteiger partial charge is 0.294 e. The molecule has 0 unspecified atom stereocenters. The zero-order chi connectivity index (χ0) is 13.1. The average Bonchev–Trinajstić information content (AvgIpc) is 2.31. The lowest BCUT2D eigenvalue weighted by Crippen LogP contribution is -2.04. The highest BCUT2D eigenvalue weighted by atomic mass is 127. The second-order valence-corrected chi connectivity index (χ2v) is 5.13. The van der Waals surface area contributed by atoms with Gasteiger partial charge >= 0.3 is 0 Å². The van der Waals surface area contributed by atoms with Crippen LogP contribution in [0.2, 0.25) is 0 Å². The van der Waals surface area contributed by atoms with Gasteiger partial charge in [-0.25, -0.2) is 8.78 Å². The number of rotatable bonds is 3. The van der Waals surface area contributed by atoms with Crippen LogP contribution in [0.15, 0.2) is 42.5 Å². The van der Waals surface area contributed by atoms with Gasteiger partial charge in [0, 0.05) is 21.6 Å². The lowest BCUT2D eigenvalue weighted by atomic mass is 10.0. The van der Waals surface area contributed by atoms with Gasteiger partial charge in [-0.05, 0) is 52.4 Å². The number of carbonyl (C=O) groups excluding carboxylic acids is 1. The fourth-order valence-corrected chi connectivity index (χ4v) is 1.96. The zero-order valence-electron chi connectivity index (χ0n) is 9.29. The van der Waals surface area contributed by atoms with E-state index in [9.17, 15) is 13.6 Å². The third kappa shape index (κ3) is 3.35. The molecule has 0 N–H and O–H groups in total. The van der Waals surface area contributed by atoms with Crippen LogP contribution in [-0.4, -0.2) is 5.78 Å². The number of Topliss-reactive ketones (excluding diaryl/α,β-unsaturated/α-hetero) is 1. The first-order valence-corrected chi connectivity index (χ1v) is 6.36. The number of hydrogen-bond acceptors (Lipinski definition) is 1. The van der Waals surface area contributed by atoms with Crippen LogP contribution in [0.5, 0.6) is 0 Å². The molecule has 0 saturated heterocycles. The van der Waals surface area contributed by atoms with Crippen molar-refractivity contribution in [2.45, 2.75) is 6.42 Å². The van der Waals surface area contributed by atoms with Crippen LogP contribution in [0.25, 0.3) is 0 Å². The van der Waals surface area contributed by atoms with Gasteiger partial charge in [-0.2, -0.15) is 0 Å². The fraction of sp³-hybridized carbons (Fsp3) is 0.0714. The number of hydrogen-bond donors (Lipinski definition) is 0. The maximum atomic E-state index is 13.0. The Balaban J connectivity index is 2.19. The Hall–Kier alpha value is -1.30. The molecule has 2 aromatic rings. The predicted octanol–water partition coefficient (Wildman–Crippen LogP) is 3.99. The van der Waals surface area contributed by atoms with Crippen LogP contribution >= 0.6 is 22.6 Å². The van der Waals surface area contributed by atoms with E-state index in [1.807, 2.05) is 24.3 Å². The Morgan fingerprint density at radius 2 is 1.56 bits per heavy atom. The topological polar surface area (TPSA) is 17.1 Å². The van der Waals surface area contributed by atoms with Crippen LogP contribution in [0, 0.1) is 15.2 Å². The van der Waals surface area contributed by atoms with Gasteiger partial charge in [0.25, 0.3) is 0 Å². The molecular weight excluding hydrogens is 349 g/mol. The number of halogens is 3. The minimum atomic E-state index is -0.735. The second kappa shape index (κ2) is 5.56. The maximum absolute atomic E-state index is 13.0. The molecule has 0 heterocycles. The van der Waals surface area contributed by atoms with E-state index in [1.54, 1.807) is 0 Å². The summed E-state index contributed by atoms with van der Waals surface area (Å²) in [4.78, 5) is 11.9. The number of carbonyl (C=O) groups is 1. The third-order valence-corrected chi connectivity index (χ3v) is 3.18. The standard InChI is InChI=1S/C14H9F2IO/c15-11-6-10(7-12(16)8-11)14(18)5-9-1-3-13(17)4-2-9/h1-4,6-8H,5H2. The molecule has 0 aliphatic rings. The zero-order valence-corrected chi connectivity index (χ0v) is 11.4. The van der Waals surface area contributed by atoms with E-state index in [0.29, 0.717) is 0 Å². The Bertz CT molecular complexity index is 559. The highest BCUT2D eigenvalue weighted by Crippen LogP contribution is 2.13. The maximum Gasteiger partial charge on any atom is 0.167 e. The van der Waals surface area contributed by atoms with Gasteiger partial charge in [0.2, 0.25) is 0 Å². The molecule has 4 heteroatoms. The summed E-state index contributed by atoms with van der Waals surface area (Å²) in [5.74, 6) is -1.77. The summed E-state index contributed by atoms with van der Waals surface area (Å²) in [5.41, 5.74) is 0.885. The van der Waals surface area contributed by atoms with Gasteiger partial charge in [0.05, 0.1) is 0 Å². The first-order chi connectivity index (χ1) is 8.54. The Kier molecular flexibility index (Phi) is 4.06. The van der Waals surface area contributed by atoms with Gasteiger partial charge < -0.3 is 0 Å². The Labute approximate surface area is 117 Å². The molecule has 0 fully saturated rings. The molecule has 2 rings (SSSR count). The highest BCUT2D eigenvalue weighted by Gasteiger charge is 2.10. The SMILES string of the molecule is O=C(Cc1ccc(I)cc1)c1cc(F)cc(F)c1. The summed E-state index contributed by atoms with van der Waals surface area (Å²) in [6, 6.07) is 10.3. The summed E-state index contributed by atoms with van der Waals surface area (Å²) >= 11 is 2.17. The molecule has 0 atom stereocenters. The highest BCUT2D eigenvalue weighted by molar-refractivity contribution is 14.1. The van der Waals surface area contributed by atoms with Crippen molar-refractivity contribution in [1.29, 1.82) is 0 Å². The van der Waals surface area contributed by atoms with Gasteiger partial charge in [0.1, 0.15) is 11.6 Å². The molecule has 1 nitrogen and oxygen atoms in total. The van der Waals surface area contributed by atoms with Crippen LogP contribution in [0.4, 0.5) is 8.78 Å². The van der Waals surface area contributed by atoms with Gasteiger partial charge in [-0.15, -0.1) is 0 Å². The molecule has 0 spiro atoms. The van der Waals surface area contributed by atoms with Gasteiger partial charge in [0.15, 0.2) is 5.78 Å². The molecule has 0 saturated carbocycles. The minimum Gasteiger partial charge on any atom is -0.294 e. The molecular formula is C14H9F2IO. The summed E-state index contributed by atoms with van der Waals surface area (Å²) in [5, 5.41) is 0. The molecule has 18 heavy (non-hydrogen) atoms. The van der Waals surface area contributed by atoms with Gasteiger partial charge in [-0.3, -0.25) is 4.79 Å². The smallest absolute Gasteiger partial charge is 0.167 e. The predicted molar refractivity (Wildman–Crippen MR) is 73.6 cm³/mol. The van der Waals surface area contributed by atoms with Crippen LogP contribution < -0.4 is 0 Å². The molecule has 92 valence electrons. The van der Waals surface area contributed by atoms with Crippen molar-refractivity contribution in [3.63, 3.8) is 0 Å². The first kappa shape index (κ1) is 13.1. The van der Waals surface area contributed by atoms with Crippen molar-refractivity contribution in [3.05, 3.63) is 68.8 Å². The van der Waals surface area contributed by atoms with E-state index >= 15 is 0 Å². The number of ketones is 1. The van der Waals surface area contributed by atoms with Crippen molar-refractivity contribution in [2.24, 2.45) is 0 Å². The molecule has 0 bridgehead atoms. The van der Waals surface area contributed by atoms with E-state index in [4.69, 9.17) is 0 Å². The van der Waals surface area contributed by atoms with Crippen molar-refractivity contribution in [2.75, 3.05) is 0 Å². The lowest BCUT2D eigenvalue weighted by molar-refractivity contribution is 0.0992. The molecule has 0 aromatic heterocycles. The van der Waals surface area contributed by atoms with Crippen LogP contribution in [-0.2, 0) is 6.42 Å². The second-order valence-electron chi connectivity index (χ2n) is 3.88. The first-order valence-electron chi connectivity index (χ1n) is 5.28. The van der Waals surface area contributed by atoms with Crippen molar-refractivity contribution < 1.29 is 13.6 Å². The molecule has 2 aromatic carbocycles. The molecule has 0 aliphatic carbocycles. The quantitative estimate of drug-likeness (QED) is 0.599. The van der Waals surface area contributed by atoms with Crippen molar-refractivity contribution >= 4 is 28.4 Å². The van der Waals surface area contributed by atoms with E-state index in [-0.39, 0.29) is 17.8 Å². The summed E-state index contributed by atoms with van der Waals surface area (Å²) in [6.07, 6.45) is 0.139. The van der Waals surface area contributed by atoms with Crippen molar-refractivity contribution in [1.82, 2.24) is 0 Å². The monoisotopic (exact) mass is 358 g/mol. The van der Waals surface area contributed by atoms with Crippen molar-refractivity contribution in [3.8, 4) is 0 Å². The molecule has 0 aliphatic heterocycles. The normalized spacial score (nSPS) is 10.4. The fourth-order valence-electron chi connectivity index (χ4n) is 1.60. The molecule has 0 radical (unpaired) electrons. The summed E-state index contributed by atoms with van der Waals surface area (Å²) in [6.45, 7) is 0. The van der Waals surface area contributed by atoms with E-state index in [0.717, 1.165) is 27.3 Å². The van der Waals surface area contributed by atoms with Crippen LogP contribution in [0.1, 0.15) is 15.9 Å². The summed E-state index contributed by atoms with van der Waals surface area (Å²) < 4.78 is 27.0. The van der Waals surface area contributed by atoms with E-state index in [2.05, 4.69) is 22.6 Å². The van der Waals surface area contributed by atoms with E-state index < -0.39 is 11.6 Å². The lowest BCUT2D eigenvalue weighted by Gasteiger charge is -2.02. The van der Waals surface area contributed by atoms with Crippen LogP contribution in [0.3, 0.4) is 0 Å². The Morgan fingerprint density at radius 1 is 1.00 bits per heavy atom. The van der Waals surface area contributed by atoms with Gasteiger partial charge in [-0.1, -0.05) is 12.1 Å². The minimum absolute atomic E-state index is 0.0612. The number of benzene rings is 2. The van der Waals surface area contributed by atoms with E-state index in [1.165, 1.54) is 0 Å². The third-order valence-electron chi connectivity index (χ3n) is 2.46.